The van der Waals surface area contributed by atoms with Crippen molar-refractivity contribution in [3.8, 4) is 11.8 Å². The van der Waals surface area contributed by atoms with Crippen LogP contribution in [0.1, 0.15) is 5.56 Å². The molecule has 0 amide bonds. The first kappa shape index (κ1) is 13.0. The fourth-order valence-electron chi connectivity index (χ4n) is 1.07. The minimum Gasteiger partial charge on any atom is -0.506 e. The number of nitrogens with two attached hydrogens (primary N) is 1. The number of nitrogens with one attached hydrogen (secondary N) is 2. The van der Waals surface area contributed by atoms with Gasteiger partial charge in [0.25, 0.3) is 0 Å². The molecule has 1 aromatic carbocycles. The summed E-state index contributed by atoms with van der Waals surface area (Å²) in [5.41, 5.74) is 8.49. The maximum absolute atomic E-state index is 9.62. The molecular formula is C10H10BrN5O. The Hall–Kier alpha value is -2.07. The first-order chi connectivity index (χ1) is 7.97. The van der Waals surface area contributed by atoms with E-state index in [1.165, 1.54) is 6.07 Å². The maximum atomic E-state index is 9.62. The van der Waals surface area contributed by atoms with Crippen molar-refractivity contribution in [1.82, 2.24) is 0 Å². The monoisotopic (exact) mass is 295 g/mol. The molecule has 0 aromatic heterocycles. The zero-order valence-corrected chi connectivity index (χ0v) is 10.5. The van der Waals surface area contributed by atoms with Gasteiger partial charge in [0, 0.05) is 4.47 Å². The predicted octanol–water partition coefficient (Wildman–Crippen LogP) is 1.69. The highest BCUT2D eigenvalue weighted by Gasteiger charge is 2.08. The summed E-state index contributed by atoms with van der Waals surface area (Å²) in [4.78, 5) is 0. The van der Waals surface area contributed by atoms with Gasteiger partial charge in [0.1, 0.15) is 17.5 Å². The summed E-state index contributed by atoms with van der Waals surface area (Å²) < 4.78 is 0.786. The molecule has 17 heavy (non-hydrogen) atoms. The summed E-state index contributed by atoms with van der Waals surface area (Å²) in [6.07, 6.45) is 0. The third-order valence-electron chi connectivity index (χ3n) is 2.02. The van der Waals surface area contributed by atoms with E-state index < -0.39 is 5.84 Å². The number of hydrogen-bond donors (Lipinski definition) is 4. The number of benzene rings is 1. The quantitative estimate of drug-likeness (QED) is 0.294. The fourth-order valence-corrected chi connectivity index (χ4v) is 1.40. The Bertz CT molecular complexity index is 532. The number of nitriles is 1. The van der Waals surface area contributed by atoms with Gasteiger partial charge in [-0.3, -0.25) is 10.8 Å². The highest BCUT2D eigenvalue weighted by Crippen LogP contribution is 2.32. The Morgan fingerprint density at radius 3 is 2.82 bits per heavy atom. The summed E-state index contributed by atoms with van der Waals surface area (Å²) in [5.74, 6) is -0.442. The molecule has 0 heterocycles. The van der Waals surface area contributed by atoms with Crippen molar-refractivity contribution in [3.63, 3.8) is 0 Å². The molecule has 0 unspecified atom stereocenters. The van der Waals surface area contributed by atoms with E-state index in [0.29, 0.717) is 5.69 Å². The molecule has 0 saturated heterocycles. The van der Waals surface area contributed by atoms with Crippen molar-refractivity contribution in [2.45, 2.75) is 6.92 Å². The topological polar surface area (TPSA) is 118 Å². The van der Waals surface area contributed by atoms with Crippen LogP contribution in [-0.4, -0.2) is 16.7 Å². The Labute approximate surface area is 106 Å². The van der Waals surface area contributed by atoms with Gasteiger partial charge < -0.3 is 10.8 Å². The second kappa shape index (κ2) is 5.32. The van der Waals surface area contributed by atoms with Crippen molar-refractivity contribution >= 4 is 33.2 Å². The Morgan fingerprint density at radius 1 is 1.65 bits per heavy atom. The molecule has 0 atom stereocenters. The second-order valence-corrected chi connectivity index (χ2v) is 4.02. The molecule has 88 valence electrons. The molecule has 0 aliphatic heterocycles. The average molecular weight is 296 g/mol. The van der Waals surface area contributed by atoms with E-state index in [1.807, 2.05) is 0 Å². The summed E-state index contributed by atoms with van der Waals surface area (Å²) in [6.45, 7) is 1.77. The van der Waals surface area contributed by atoms with E-state index in [4.69, 9.17) is 16.4 Å². The van der Waals surface area contributed by atoms with Crippen LogP contribution in [0, 0.1) is 23.7 Å². The van der Waals surface area contributed by atoms with Crippen LogP contribution >= 0.6 is 15.9 Å². The van der Waals surface area contributed by atoms with Crippen LogP contribution in [0.4, 0.5) is 5.69 Å². The Balaban J connectivity index is 3.09. The molecule has 1 rings (SSSR count). The third-order valence-corrected chi connectivity index (χ3v) is 2.88. The van der Waals surface area contributed by atoms with Crippen LogP contribution in [0.2, 0.25) is 0 Å². The normalized spacial score (nSPS) is 10.8. The lowest BCUT2D eigenvalue weighted by atomic mass is 10.2. The second-order valence-electron chi connectivity index (χ2n) is 3.16. The van der Waals surface area contributed by atoms with E-state index >= 15 is 0 Å². The summed E-state index contributed by atoms with van der Waals surface area (Å²) >= 11 is 3.30. The lowest BCUT2D eigenvalue weighted by Crippen LogP contribution is -2.22. The molecule has 7 heteroatoms. The molecule has 0 bridgehead atoms. The van der Waals surface area contributed by atoms with E-state index in [1.54, 1.807) is 19.1 Å². The number of nitrogens with zero attached hydrogens (tertiary/aromatic N) is 2. The summed E-state index contributed by atoms with van der Waals surface area (Å²) in [5, 5.41) is 29.0. The van der Waals surface area contributed by atoms with Crippen molar-refractivity contribution in [1.29, 1.82) is 10.7 Å². The minimum atomic E-state index is -0.438. The van der Waals surface area contributed by atoms with Crippen LogP contribution in [0.15, 0.2) is 21.7 Å². The molecule has 0 spiro atoms. The van der Waals surface area contributed by atoms with E-state index in [9.17, 15) is 5.11 Å². The minimum absolute atomic E-state index is 0.00436. The number of hydrazone groups is 1. The molecule has 0 fully saturated rings. The first-order valence-corrected chi connectivity index (χ1v) is 5.33. The van der Waals surface area contributed by atoms with Gasteiger partial charge in [-0.25, -0.2) is 0 Å². The maximum Gasteiger partial charge on any atom is 0.201 e. The Kier molecular flexibility index (Phi) is 4.06. The van der Waals surface area contributed by atoms with Crippen LogP contribution in [0.25, 0.3) is 0 Å². The number of phenolic OH excluding ortho intramolecular Hbond substituents is 1. The lowest BCUT2D eigenvalue weighted by molar-refractivity contribution is 0.477. The molecule has 6 nitrogen and oxygen atoms in total. The zero-order valence-electron chi connectivity index (χ0n) is 8.95. The summed E-state index contributed by atoms with van der Waals surface area (Å²) in [7, 11) is 0. The smallest absolute Gasteiger partial charge is 0.201 e. The van der Waals surface area contributed by atoms with E-state index in [2.05, 4.69) is 26.5 Å². The molecule has 1 aromatic rings. The molecule has 0 saturated carbocycles. The highest BCUT2D eigenvalue weighted by atomic mass is 79.9. The van der Waals surface area contributed by atoms with Gasteiger partial charge in [0.05, 0.1) is 0 Å². The average Bonchev–Trinajstić information content (AvgIpc) is 2.28. The SMILES string of the molecule is Cc1c(Br)ccc(O)c1N/N=C(\C#N)C(=N)N. The fraction of sp³-hybridized carbons (Fsp3) is 0.100. The van der Waals surface area contributed by atoms with Gasteiger partial charge in [0.15, 0.2) is 5.84 Å². The number of hydrogen-bond acceptors (Lipinski definition) is 5. The lowest BCUT2D eigenvalue weighted by Gasteiger charge is -2.09. The van der Waals surface area contributed by atoms with Gasteiger partial charge in [-0.1, -0.05) is 15.9 Å². The van der Waals surface area contributed by atoms with Crippen molar-refractivity contribution in [2.75, 3.05) is 5.43 Å². The van der Waals surface area contributed by atoms with Crippen molar-refractivity contribution in [2.24, 2.45) is 10.8 Å². The van der Waals surface area contributed by atoms with Crippen LogP contribution in [0.3, 0.4) is 0 Å². The number of phenols is 1. The van der Waals surface area contributed by atoms with E-state index in [0.717, 1.165) is 10.0 Å². The summed E-state index contributed by atoms with van der Waals surface area (Å²) in [6, 6.07) is 4.84. The van der Waals surface area contributed by atoms with E-state index in [-0.39, 0.29) is 11.5 Å². The number of rotatable bonds is 3. The van der Waals surface area contributed by atoms with Gasteiger partial charge in [-0.15, -0.1) is 0 Å². The number of amidine groups is 1. The molecule has 0 radical (unpaired) electrons. The molecule has 0 aliphatic rings. The predicted molar refractivity (Wildman–Crippen MR) is 69.1 cm³/mol. The van der Waals surface area contributed by atoms with Gasteiger partial charge >= 0.3 is 0 Å². The number of aromatic hydroxyl groups is 1. The zero-order chi connectivity index (χ0) is 13.0. The van der Waals surface area contributed by atoms with Gasteiger partial charge in [0.2, 0.25) is 5.71 Å². The largest absolute Gasteiger partial charge is 0.506 e. The molecule has 0 aliphatic carbocycles. The highest BCUT2D eigenvalue weighted by molar-refractivity contribution is 9.10. The van der Waals surface area contributed by atoms with Gasteiger partial charge in [-0.2, -0.15) is 10.4 Å². The number of anilines is 1. The van der Waals surface area contributed by atoms with Crippen molar-refractivity contribution in [3.05, 3.63) is 22.2 Å². The van der Waals surface area contributed by atoms with Crippen LogP contribution < -0.4 is 11.2 Å². The van der Waals surface area contributed by atoms with Crippen LogP contribution in [-0.2, 0) is 0 Å². The standard InChI is InChI=1S/C10H10BrN5O/c1-5-6(11)2-3-8(17)9(5)16-15-7(4-12)10(13)14/h2-3,16-17H,1H3,(H3,13,14)/b15-7+. The molecule has 5 N–H and O–H groups in total. The van der Waals surface area contributed by atoms with Crippen molar-refractivity contribution < 1.29 is 5.11 Å². The molecular weight excluding hydrogens is 286 g/mol. The van der Waals surface area contributed by atoms with Crippen LogP contribution in [0.5, 0.6) is 5.75 Å². The first-order valence-electron chi connectivity index (χ1n) is 4.53. The number of halogens is 1. The third kappa shape index (κ3) is 2.95. The van der Waals surface area contributed by atoms with Gasteiger partial charge in [-0.05, 0) is 24.6 Å². The Morgan fingerprint density at radius 2 is 2.29 bits per heavy atom.